The molecule has 8 heteroatoms. The van der Waals surface area contributed by atoms with Gasteiger partial charge >= 0.3 is 6.18 Å². The van der Waals surface area contributed by atoms with Gasteiger partial charge in [0.15, 0.2) is 0 Å². The number of anilines is 1. The number of nitrogens with zero attached hydrogens (tertiary/aromatic N) is 3. The van der Waals surface area contributed by atoms with E-state index in [0.29, 0.717) is 18.0 Å². The minimum absolute atomic E-state index is 0.0179. The molecule has 0 aliphatic carbocycles. The molecule has 0 fully saturated rings. The molecule has 144 valence electrons. The number of carbonyl (C=O) groups is 1. The molecule has 4 rings (SSSR count). The Bertz CT molecular complexity index is 1020. The summed E-state index contributed by atoms with van der Waals surface area (Å²) < 4.78 is 45.1. The van der Waals surface area contributed by atoms with Crippen LogP contribution in [0.5, 0.6) is 0 Å². The molecule has 3 aromatic rings. The van der Waals surface area contributed by atoms with Gasteiger partial charge in [-0.05, 0) is 41.3 Å². The maximum atomic E-state index is 13.3. The average Bonchev–Trinajstić information content (AvgIpc) is 3.29. The molecule has 1 aliphatic heterocycles. The van der Waals surface area contributed by atoms with Crippen LogP contribution < -0.4 is 4.90 Å². The van der Waals surface area contributed by atoms with Gasteiger partial charge in [-0.3, -0.25) is 4.79 Å². The first kappa shape index (κ1) is 18.2. The van der Waals surface area contributed by atoms with Crippen molar-refractivity contribution in [3.63, 3.8) is 0 Å². The Morgan fingerprint density at radius 1 is 1.21 bits per heavy atom. The topological polar surface area (TPSA) is 59.2 Å². The van der Waals surface area contributed by atoms with E-state index in [1.807, 2.05) is 19.1 Å². The number of amides is 1. The number of hydrogen-bond acceptors (Lipinski definition) is 4. The van der Waals surface area contributed by atoms with Gasteiger partial charge in [-0.15, -0.1) is 10.2 Å². The lowest BCUT2D eigenvalue weighted by Gasteiger charge is -2.19. The van der Waals surface area contributed by atoms with Gasteiger partial charge in [0.25, 0.3) is 5.91 Å². The fourth-order valence-electron chi connectivity index (χ4n) is 3.47. The zero-order valence-electron chi connectivity index (χ0n) is 14.9. The maximum Gasteiger partial charge on any atom is 0.416 e. The molecule has 0 saturated heterocycles. The molecule has 0 spiro atoms. The molecule has 1 amide bonds. The van der Waals surface area contributed by atoms with Crippen molar-refractivity contribution in [2.75, 3.05) is 4.90 Å². The van der Waals surface area contributed by atoms with Crippen LogP contribution in [-0.2, 0) is 19.1 Å². The van der Waals surface area contributed by atoms with Gasteiger partial charge in [0.05, 0.1) is 12.1 Å². The Morgan fingerprint density at radius 2 is 2.00 bits per heavy atom. The van der Waals surface area contributed by atoms with Crippen LogP contribution >= 0.6 is 0 Å². The summed E-state index contributed by atoms with van der Waals surface area (Å²) in [4.78, 5) is 14.1. The van der Waals surface area contributed by atoms with Crippen molar-refractivity contribution in [3.05, 3.63) is 77.0 Å². The van der Waals surface area contributed by atoms with Crippen molar-refractivity contribution in [2.45, 2.75) is 32.0 Å². The van der Waals surface area contributed by atoms with Gasteiger partial charge in [0, 0.05) is 17.7 Å². The van der Waals surface area contributed by atoms with E-state index in [0.717, 1.165) is 11.6 Å². The fraction of sp³-hybridized carbons (Fsp3) is 0.250. The molecule has 5 nitrogen and oxygen atoms in total. The summed E-state index contributed by atoms with van der Waals surface area (Å²) in [5.74, 6) is 0.103. The smallest absolute Gasteiger partial charge is 0.416 e. The average molecular weight is 387 g/mol. The van der Waals surface area contributed by atoms with Crippen LogP contribution in [0.2, 0.25) is 0 Å². The zero-order valence-corrected chi connectivity index (χ0v) is 14.9. The summed E-state index contributed by atoms with van der Waals surface area (Å²) in [5.41, 5.74) is 0.838. The molecule has 2 heterocycles. The highest BCUT2D eigenvalue weighted by Gasteiger charge is 2.39. The lowest BCUT2D eigenvalue weighted by molar-refractivity contribution is -0.138. The summed E-state index contributed by atoms with van der Waals surface area (Å²) in [7, 11) is 0. The molecule has 28 heavy (non-hydrogen) atoms. The van der Waals surface area contributed by atoms with Crippen LogP contribution in [-0.4, -0.2) is 16.1 Å². The maximum absolute atomic E-state index is 13.3. The van der Waals surface area contributed by atoms with E-state index < -0.39 is 17.6 Å². The Labute approximate surface area is 158 Å². The molecule has 0 N–H and O–H groups in total. The van der Waals surface area contributed by atoms with Crippen molar-refractivity contribution in [1.82, 2.24) is 10.2 Å². The van der Waals surface area contributed by atoms with Crippen molar-refractivity contribution < 1.29 is 22.4 Å². The lowest BCUT2D eigenvalue weighted by Crippen LogP contribution is -2.23. The quantitative estimate of drug-likeness (QED) is 0.657. The van der Waals surface area contributed by atoms with E-state index >= 15 is 0 Å². The van der Waals surface area contributed by atoms with E-state index in [2.05, 4.69) is 10.2 Å². The highest BCUT2D eigenvalue weighted by atomic mass is 19.4. The number of benzene rings is 2. The molecule has 0 radical (unpaired) electrons. The molecular formula is C20H16F3N3O2. The van der Waals surface area contributed by atoms with E-state index in [1.54, 1.807) is 12.1 Å². The number of fused-ring (bicyclic) bond motifs is 1. The summed E-state index contributed by atoms with van der Waals surface area (Å²) in [5, 5.41) is 7.51. The molecule has 0 saturated carbocycles. The number of rotatable bonds is 4. The van der Waals surface area contributed by atoms with Crippen molar-refractivity contribution in [2.24, 2.45) is 0 Å². The zero-order chi connectivity index (χ0) is 19.9. The van der Waals surface area contributed by atoms with Gasteiger partial charge in [0.2, 0.25) is 12.3 Å². The third-order valence-corrected chi connectivity index (χ3v) is 4.91. The highest BCUT2D eigenvalue weighted by molar-refractivity contribution is 6.10. The second-order valence-corrected chi connectivity index (χ2v) is 6.75. The Morgan fingerprint density at radius 3 is 2.71 bits per heavy atom. The molecule has 0 bridgehead atoms. The monoisotopic (exact) mass is 387 g/mol. The van der Waals surface area contributed by atoms with E-state index in [9.17, 15) is 18.0 Å². The SMILES string of the molecule is CC(Cc1nnco1)c1cccc(N2Cc3c(cccc3C(F)(F)F)C2=O)c1. The molecule has 1 aromatic heterocycles. The van der Waals surface area contributed by atoms with Crippen LogP contribution in [0.3, 0.4) is 0 Å². The Kier molecular flexibility index (Phi) is 4.41. The van der Waals surface area contributed by atoms with Gasteiger partial charge in [-0.2, -0.15) is 13.2 Å². The first-order valence-electron chi connectivity index (χ1n) is 8.70. The van der Waals surface area contributed by atoms with Gasteiger partial charge in [-0.25, -0.2) is 0 Å². The van der Waals surface area contributed by atoms with Gasteiger partial charge < -0.3 is 9.32 Å². The lowest BCUT2D eigenvalue weighted by atomic mass is 9.97. The summed E-state index contributed by atoms with van der Waals surface area (Å²) in [6.07, 6.45) is -2.71. The third kappa shape index (κ3) is 3.26. The van der Waals surface area contributed by atoms with E-state index in [4.69, 9.17) is 4.42 Å². The summed E-state index contributed by atoms with van der Waals surface area (Å²) in [6, 6.07) is 11.0. The number of alkyl halides is 3. The normalized spacial score (nSPS) is 15.0. The first-order chi connectivity index (χ1) is 13.3. The minimum Gasteiger partial charge on any atom is -0.428 e. The summed E-state index contributed by atoms with van der Waals surface area (Å²) in [6.45, 7) is 1.87. The molecule has 1 atom stereocenters. The number of aromatic nitrogens is 2. The van der Waals surface area contributed by atoms with Crippen molar-refractivity contribution >= 4 is 11.6 Å². The van der Waals surface area contributed by atoms with E-state index in [1.165, 1.54) is 23.4 Å². The predicted octanol–water partition coefficient (Wildman–Crippen LogP) is 4.60. The summed E-state index contributed by atoms with van der Waals surface area (Å²) >= 11 is 0. The van der Waals surface area contributed by atoms with Gasteiger partial charge in [-0.1, -0.05) is 25.1 Å². The fourth-order valence-corrected chi connectivity index (χ4v) is 3.47. The van der Waals surface area contributed by atoms with Crippen LogP contribution in [0.15, 0.2) is 53.3 Å². The molecular weight excluding hydrogens is 371 g/mol. The number of halogens is 3. The van der Waals surface area contributed by atoms with Crippen molar-refractivity contribution in [3.8, 4) is 0 Å². The van der Waals surface area contributed by atoms with Gasteiger partial charge in [0.1, 0.15) is 0 Å². The van der Waals surface area contributed by atoms with Crippen LogP contribution in [0.4, 0.5) is 18.9 Å². The first-order valence-corrected chi connectivity index (χ1v) is 8.70. The van der Waals surface area contributed by atoms with Crippen molar-refractivity contribution in [1.29, 1.82) is 0 Å². The standard InChI is InChI=1S/C20H16F3N3O2/c1-12(8-18-25-24-11-28-18)13-4-2-5-14(9-13)26-10-16-15(19(26)27)6-3-7-17(16)20(21,22)23/h2-7,9,11-12H,8,10H2,1H3. The highest BCUT2D eigenvalue weighted by Crippen LogP contribution is 2.38. The Hall–Kier alpha value is -3.16. The third-order valence-electron chi connectivity index (χ3n) is 4.91. The molecule has 1 aliphatic rings. The van der Waals surface area contributed by atoms with Crippen LogP contribution in [0, 0.1) is 0 Å². The molecule has 1 unspecified atom stereocenters. The minimum atomic E-state index is -4.50. The van der Waals surface area contributed by atoms with Crippen LogP contribution in [0.1, 0.15) is 45.8 Å². The van der Waals surface area contributed by atoms with E-state index in [-0.39, 0.29) is 23.6 Å². The second kappa shape index (κ2) is 6.78. The second-order valence-electron chi connectivity index (χ2n) is 6.75. The largest absolute Gasteiger partial charge is 0.428 e. The number of hydrogen-bond donors (Lipinski definition) is 0. The molecule has 2 aromatic carbocycles. The van der Waals surface area contributed by atoms with Crippen LogP contribution in [0.25, 0.3) is 0 Å². The number of carbonyl (C=O) groups excluding carboxylic acids is 1. The Balaban J connectivity index is 1.63. The predicted molar refractivity (Wildman–Crippen MR) is 94.8 cm³/mol.